The second-order valence-electron chi connectivity index (χ2n) is 4.36. The Kier molecular flexibility index (Phi) is 3.51. The molecule has 104 valence electrons. The van der Waals surface area contributed by atoms with E-state index in [1.165, 1.54) is 4.68 Å². The maximum Gasteiger partial charge on any atom is 0.341 e. The molecule has 0 saturated heterocycles. The van der Waals surface area contributed by atoms with Crippen molar-refractivity contribution in [3.63, 3.8) is 0 Å². The molecule has 7 heteroatoms. The smallest absolute Gasteiger partial charge is 0.341 e. The van der Waals surface area contributed by atoms with Crippen molar-refractivity contribution in [2.45, 2.75) is 13.8 Å². The van der Waals surface area contributed by atoms with E-state index in [0.29, 0.717) is 11.4 Å². The lowest BCUT2D eigenvalue weighted by atomic mass is 10.2. The van der Waals surface area contributed by atoms with Gasteiger partial charge in [-0.1, -0.05) is 6.07 Å². The maximum absolute atomic E-state index is 12.1. The molecule has 0 atom stereocenters. The van der Waals surface area contributed by atoms with Gasteiger partial charge in [0, 0.05) is 12.7 Å². The van der Waals surface area contributed by atoms with Crippen molar-refractivity contribution in [1.82, 2.24) is 14.8 Å². The predicted molar refractivity (Wildman–Crippen MR) is 71.8 cm³/mol. The van der Waals surface area contributed by atoms with Crippen molar-refractivity contribution in [1.29, 1.82) is 0 Å². The van der Waals surface area contributed by atoms with Gasteiger partial charge < -0.3 is 10.4 Å². The monoisotopic (exact) mass is 274 g/mol. The molecule has 2 rings (SSSR count). The van der Waals surface area contributed by atoms with Crippen molar-refractivity contribution in [3.05, 3.63) is 40.8 Å². The molecule has 0 bridgehead atoms. The molecule has 2 aromatic heterocycles. The molecule has 7 nitrogen and oxygen atoms in total. The number of hydrogen-bond acceptors (Lipinski definition) is 4. The summed E-state index contributed by atoms with van der Waals surface area (Å²) in [6.45, 7) is 3.34. The van der Waals surface area contributed by atoms with Crippen LogP contribution in [0.4, 0.5) is 5.82 Å². The number of hydrogen-bond donors (Lipinski definition) is 2. The van der Waals surface area contributed by atoms with Gasteiger partial charge >= 0.3 is 5.97 Å². The summed E-state index contributed by atoms with van der Waals surface area (Å²) in [5.41, 5.74) is 1.25. The second-order valence-corrected chi connectivity index (χ2v) is 4.36. The van der Waals surface area contributed by atoms with Gasteiger partial charge in [0.15, 0.2) is 0 Å². The van der Waals surface area contributed by atoms with Crippen molar-refractivity contribution in [2.24, 2.45) is 7.05 Å². The van der Waals surface area contributed by atoms with Crippen LogP contribution in [-0.4, -0.2) is 31.7 Å². The van der Waals surface area contributed by atoms with Gasteiger partial charge in [-0.15, -0.1) is 0 Å². The van der Waals surface area contributed by atoms with Crippen molar-refractivity contribution >= 4 is 17.7 Å². The Bertz CT molecular complexity index is 691. The molecular weight excluding hydrogens is 260 g/mol. The summed E-state index contributed by atoms with van der Waals surface area (Å²) >= 11 is 0. The average molecular weight is 274 g/mol. The lowest BCUT2D eigenvalue weighted by Gasteiger charge is -2.06. The van der Waals surface area contributed by atoms with Gasteiger partial charge in [0.1, 0.15) is 17.1 Å². The fourth-order valence-electron chi connectivity index (χ4n) is 1.90. The summed E-state index contributed by atoms with van der Waals surface area (Å²) < 4.78 is 1.33. The molecule has 0 aromatic carbocycles. The number of carbonyl (C=O) groups is 2. The lowest BCUT2D eigenvalue weighted by Crippen LogP contribution is -2.18. The van der Waals surface area contributed by atoms with Crippen LogP contribution in [0.3, 0.4) is 0 Å². The third-order valence-corrected chi connectivity index (χ3v) is 2.79. The van der Waals surface area contributed by atoms with Gasteiger partial charge in [-0.3, -0.25) is 9.48 Å². The topological polar surface area (TPSA) is 97.1 Å². The van der Waals surface area contributed by atoms with E-state index in [9.17, 15) is 9.59 Å². The normalized spacial score (nSPS) is 10.3. The molecule has 0 spiro atoms. The molecule has 0 radical (unpaired) electrons. The molecular formula is C13H14N4O3. The van der Waals surface area contributed by atoms with Gasteiger partial charge in [-0.2, -0.15) is 5.10 Å². The first-order valence-electron chi connectivity index (χ1n) is 5.92. The molecule has 0 fully saturated rings. The highest BCUT2D eigenvalue weighted by molar-refractivity contribution is 6.06. The Balaban J connectivity index is 2.35. The molecule has 0 aliphatic carbocycles. The van der Waals surface area contributed by atoms with E-state index in [1.807, 2.05) is 0 Å². The molecule has 2 N–H and O–H groups in total. The number of aromatic nitrogens is 3. The number of nitrogens with one attached hydrogen (secondary N) is 1. The van der Waals surface area contributed by atoms with Crippen LogP contribution in [0.1, 0.15) is 32.2 Å². The highest BCUT2D eigenvalue weighted by Gasteiger charge is 2.22. The Morgan fingerprint density at radius 1 is 1.30 bits per heavy atom. The Morgan fingerprint density at radius 2 is 2.00 bits per heavy atom. The molecule has 1 amide bonds. The molecule has 20 heavy (non-hydrogen) atoms. The van der Waals surface area contributed by atoms with Crippen LogP contribution in [-0.2, 0) is 7.05 Å². The van der Waals surface area contributed by atoms with E-state index in [2.05, 4.69) is 15.4 Å². The highest BCUT2D eigenvalue weighted by Crippen LogP contribution is 2.19. The predicted octanol–water partition coefficient (Wildman–Crippen LogP) is 1.38. The van der Waals surface area contributed by atoms with E-state index >= 15 is 0 Å². The number of nitrogens with zero attached hydrogens (tertiary/aromatic N) is 3. The standard InChI is InChI=1S/C13H14N4O3/c1-7-5-4-6-9(14-7)12(18)15-11-10(13(19)20)8(2)16-17(11)3/h4-6H,1-3H3,(H,15,18)(H,19,20). The SMILES string of the molecule is Cc1cccc(C(=O)Nc2c(C(=O)O)c(C)nn2C)n1. The first-order valence-corrected chi connectivity index (χ1v) is 5.92. The number of pyridine rings is 1. The molecule has 2 heterocycles. The van der Waals surface area contributed by atoms with Gasteiger partial charge in [-0.05, 0) is 26.0 Å². The number of aromatic carboxylic acids is 1. The number of carbonyl (C=O) groups excluding carboxylic acids is 1. The third kappa shape index (κ3) is 2.51. The van der Waals surface area contributed by atoms with Gasteiger partial charge in [0.2, 0.25) is 0 Å². The van der Waals surface area contributed by atoms with E-state index in [4.69, 9.17) is 5.11 Å². The first kappa shape index (κ1) is 13.7. The quantitative estimate of drug-likeness (QED) is 0.881. The van der Waals surface area contributed by atoms with E-state index in [0.717, 1.165) is 0 Å². The van der Waals surface area contributed by atoms with Crippen LogP contribution in [0.25, 0.3) is 0 Å². The maximum atomic E-state index is 12.1. The molecule has 0 saturated carbocycles. The van der Waals surface area contributed by atoms with E-state index < -0.39 is 11.9 Å². The summed E-state index contributed by atoms with van der Waals surface area (Å²) in [5.74, 6) is -1.47. The third-order valence-electron chi connectivity index (χ3n) is 2.79. The minimum absolute atomic E-state index is 0.0199. The van der Waals surface area contributed by atoms with Gasteiger partial charge in [-0.25, -0.2) is 9.78 Å². The largest absolute Gasteiger partial charge is 0.477 e. The number of carboxylic acid groups (broad SMARTS) is 1. The van der Waals surface area contributed by atoms with Gasteiger partial charge in [0.05, 0.1) is 5.69 Å². The minimum Gasteiger partial charge on any atom is -0.477 e. The van der Waals surface area contributed by atoms with Crippen LogP contribution < -0.4 is 5.32 Å². The number of aryl methyl sites for hydroxylation is 3. The van der Waals surface area contributed by atoms with Crippen LogP contribution in [0.5, 0.6) is 0 Å². The summed E-state index contributed by atoms with van der Waals surface area (Å²) in [7, 11) is 1.57. The van der Waals surface area contributed by atoms with Crippen LogP contribution in [0, 0.1) is 13.8 Å². The van der Waals surface area contributed by atoms with Gasteiger partial charge in [0.25, 0.3) is 5.91 Å². The van der Waals surface area contributed by atoms with Crippen LogP contribution in [0.15, 0.2) is 18.2 Å². The summed E-state index contributed by atoms with van der Waals surface area (Å²) in [4.78, 5) is 27.4. The summed E-state index contributed by atoms with van der Waals surface area (Å²) in [6, 6.07) is 5.05. The van der Waals surface area contributed by atoms with Crippen molar-refractivity contribution in [2.75, 3.05) is 5.32 Å². The Hall–Kier alpha value is -2.70. The Morgan fingerprint density at radius 3 is 2.60 bits per heavy atom. The van der Waals surface area contributed by atoms with E-state index in [-0.39, 0.29) is 17.1 Å². The number of anilines is 1. The lowest BCUT2D eigenvalue weighted by molar-refractivity contribution is 0.0697. The fraction of sp³-hybridized carbons (Fsp3) is 0.231. The number of amides is 1. The fourth-order valence-corrected chi connectivity index (χ4v) is 1.90. The zero-order valence-electron chi connectivity index (χ0n) is 11.3. The van der Waals surface area contributed by atoms with E-state index in [1.54, 1.807) is 39.1 Å². The second kappa shape index (κ2) is 5.12. The zero-order chi connectivity index (χ0) is 14.9. The first-order chi connectivity index (χ1) is 9.40. The van der Waals surface area contributed by atoms with Crippen molar-refractivity contribution < 1.29 is 14.7 Å². The molecule has 0 aliphatic rings. The zero-order valence-corrected chi connectivity index (χ0v) is 11.3. The minimum atomic E-state index is -1.14. The number of carboxylic acids is 1. The average Bonchev–Trinajstić information content (AvgIpc) is 2.64. The number of rotatable bonds is 3. The molecule has 2 aromatic rings. The summed E-state index contributed by atoms with van der Waals surface area (Å²) in [6.07, 6.45) is 0. The van der Waals surface area contributed by atoms with Crippen LogP contribution >= 0.6 is 0 Å². The van der Waals surface area contributed by atoms with Crippen LogP contribution in [0.2, 0.25) is 0 Å². The molecule has 0 unspecified atom stereocenters. The highest BCUT2D eigenvalue weighted by atomic mass is 16.4. The Labute approximate surface area is 115 Å². The molecule has 0 aliphatic heterocycles. The summed E-state index contributed by atoms with van der Waals surface area (Å²) in [5, 5.41) is 15.7. The van der Waals surface area contributed by atoms with Crippen molar-refractivity contribution in [3.8, 4) is 0 Å².